The number of morpholine rings is 1. The molecule has 0 saturated carbocycles. The summed E-state index contributed by atoms with van der Waals surface area (Å²) in [6.45, 7) is 6.48. The van der Waals surface area contributed by atoms with Gasteiger partial charge in [0.1, 0.15) is 11.5 Å². The summed E-state index contributed by atoms with van der Waals surface area (Å²) in [7, 11) is 3.79. The van der Waals surface area contributed by atoms with Gasteiger partial charge in [0.25, 0.3) is 11.8 Å². The average molecular weight is 735 g/mol. The Kier molecular flexibility index (Phi) is 9.48. The lowest BCUT2D eigenvalue weighted by Gasteiger charge is -2.41. The Hall–Kier alpha value is -5.10. The van der Waals surface area contributed by atoms with Crippen LogP contribution < -0.4 is 9.64 Å². The molecule has 5 aromatic rings. The van der Waals surface area contributed by atoms with E-state index >= 15 is 0 Å². The highest BCUT2D eigenvalue weighted by atomic mass is 35.5. The van der Waals surface area contributed by atoms with E-state index in [2.05, 4.69) is 16.1 Å². The van der Waals surface area contributed by atoms with Crippen molar-refractivity contribution in [2.24, 2.45) is 14.1 Å². The van der Waals surface area contributed by atoms with Crippen molar-refractivity contribution in [1.29, 1.82) is 0 Å². The molecule has 1 unspecified atom stereocenters. The van der Waals surface area contributed by atoms with Gasteiger partial charge in [0.15, 0.2) is 0 Å². The molecule has 6 heterocycles. The molecule has 2 aromatic heterocycles. The second kappa shape index (κ2) is 14.4. The highest BCUT2D eigenvalue weighted by Gasteiger charge is 2.36. The van der Waals surface area contributed by atoms with E-state index in [1.54, 1.807) is 52.2 Å². The number of fused-ring (bicyclic) bond motifs is 5. The summed E-state index contributed by atoms with van der Waals surface area (Å²) < 4.78 is 15.9. The molecule has 3 aromatic carbocycles. The van der Waals surface area contributed by atoms with Crippen molar-refractivity contribution in [3.8, 4) is 22.8 Å². The second-order valence-corrected chi connectivity index (χ2v) is 14.5. The molecule has 0 aliphatic carbocycles. The summed E-state index contributed by atoms with van der Waals surface area (Å²) in [6, 6.07) is 19.8. The maximum Gasteiger partial charge on any atom is 0.264 e. The molecule has 274 valence electrons. The Bertz CT molecular complexity index is 2190. The van der Waals surface area contributed by atoms with Gasteiger partial charge in [0.2, 0.25) is 0 Å². The summed E-state index contributed by atoms with van der Waals surface area (Å²) in [5.41, 5.74) is 7.37. The Morgan fingerprint density at radius 1 is 0.925 bits per heavy atom. The second-order valence-electron chi connectivity index (χ2n) is 14.1. The van der Waals surface area contributed by atoms with Crippen LogP contribution in [0, 0.1) is 6.92 Å². The molecule has 2 amide bonds. The molecule has 1 fully saturated rings. The van der Waals surface area contributed by atoms with Crippen molar-refractivity contribution in [3.05, 3.63) is 112 Å². The number of aromatic nitrogens is 3. The van der Waals surface area contributed by atoms with Gasteiger partial charge >= 0.3 is 0 Å². The number of ether oxygens (including phenoxy) is 2. The van der Waals surface area contributed by atoms with E-state index in [4.69, 9.17) is 21.1 Å². The predicted molar refractivity (Wildman–Crippen MR) is 203 cm³/mol. The largest absolute Gasteiger partial charge is 0.508 e. The smallest absolute Gasteiger partial charge is 0.264 e. The van der Waals surface area contributed by atoms with Crippen LogP contribution >= 0.6 is 11.6 Å². The van der Waals surface area contributed by atoms with Gasteiger partial charge in [-0.05, 0) is 86.3 Å². The van der Waals surface area contributed by atoms with E-state index in [1.807, 2.05) is 54.8 Å². The van der Waals surface area contributed by atoms with Crippen molar-refractivity contribution in [2.45, 2.75) is 38.8 Å². The first-order valence-electron chi connectivity index (χ1n) is 18.1. The number of benzene rings is 3. The van der Waals surface area contributed by atoms with Gasteiger partial charge in [-0.1, -0.05) is 23.7 Å². The third kappa shape index (κ3) is 6.58. The number of carbonyl (C=O) groups excluding carboxylic acids is 2. The van der Waals surface area contributed by atoms with Gasteiger partial charge in [-0.2, -0.15) is 5.10 Å². The van der Waals surface area contributed by atoms with Crippen molar-refractivity contribution >= 4 is 34.8 Å². The van der Waals surface area contributed by atoms with Crippen LogP contribution in [-0.4, -0.2) is 86.6 Å². The number of nitrogens with zero attached hydrogens (tertiary/aromatic N) is 6. The van der Waals surface area contributed by atoms with Crippen LogP contribution in [0.2, 0.25) is 5.02 Å². The van der Waals surface area contributed by atoms with Crippen molar-refractivity contribution in [1.82, 2.24) is 24.1 Å². The Morgan fingerprint density at radius 3 is 2.51 bits per heavy atom. The molecule has 1 N–H and O–H groups in total. The van der Waals surface area contributed by atoms with Crippen LogP contribution in [0.5, 0.6) is 11.5 Å². The van der Waals surface area contributed by atoms with E-state index in [0.717, 1.165) is 41.4 Å². The molecular weight excluding hydrogens is 692 g/mol. The molecule has 12 heteroatoms. The van der Waals surface area contributed by atoms with E-state index in [0.29, 0.717) is 91.0 Å². The van der Waals surface area contributed by atoms with E-state index < -0.39 is 0 Å². The highest BCUT2D eigenvalue weighted by Crippen LogP contribution is 2.38. The van der Waals surface area contributed by atoms with Gasteiger partial charge in [-0.3, -0.25) is 24.1 Å². The summed E-state index contributed by atoms with van der Waals surface area (Å²) in [5.74, 6) is 0.575. The zero-order chi connectivity index (χ0) is 36.8. The number of phenolic OH excluding ortho intramolecular Hbond substituents is 1. The predicted octanol–water partition coefficient (Wildman–Crippen LogP) is 6.30. The lowest BCUT2D eigenvalue weighted by molar-refractivity contribution is 0.0191. The first-order valence-corrected chi connectivity index (χ1v) is 18.5. The Balaban J connectivity index is 1.30. The number of hydrogen-bond donors (Lipinski definition) is 1. The molecule has 9 rings (SSSR count). The minimum Gasteiger partial charge on any atom is -0.508 e. The minimum absolute atomic E-state index is 0.0951. The topological polar surface area (TPSA) is 105 Å². The van der Waals surface area contributed by atoms with E-state index in [9.17, 15) is 14.7 Å². The standard InChI is InChI=1S/C41H43ClN6O5/c1-26-33-22-37(44(26)2)35-20-28(42)9-14-32(35)40(50)47-24-27-6-4-8-39(34(27)21-30(47)25-46-15-18-52-19-16-46)53-17-5-7-36-38(23-43-45(36)3)48(41(33)51)29-10-12-31(49)13-11-29/h4,6,8-14,20,22-23,30,49H,5,7,15-19,21,24-25H2,1-3H3. The van der Waals surface area contributed by atoms with Crippen LogP contribution in [0.1, 0.15) is 49.7 Å². The van der Waals surface area contributed by atoms with Gasteiger partial charge in [-0.15, -0.1) is 0 Å². The van der Waals surface area contributed by atoms with Gasteiger partial charge in [0, 0.05) is 85.1 Å². The molecular formula is C41H43ClN6O5. The van der Waals surface area contributed by atoms with Crippen LogP contribution in [0.15, 0.2) is 72.9 Å². The quantitative estimate of drug-likeness (QED) is 0.232. The molecule has 0 spiro atoms. The Labute approximate surface area is 313 Å². The number of amides is 2. The molecule has 53 heavy (non-hydrogen) atoms. The van der Waals surface area contributed by atoms with Gasteiger partial charge < -0.3 is 24.0 Å². The molecule has 1 saturated heterocycles. The number of halogens is 1. The fourth-order valence-electron chi connectivity index (χ4n) is 7.95. The van der Waals surface area contributed by atoms with Crippen LogP contribution in [0.4, 0.5) is 11.4 Å². The average Bonchev–Trinajstić information content (AvgIpc) is 3.67. The minimum atomic E-state index is -0.265. The van der Waals surface area contributed by atoms with Crippen LogP contribution in [0.25, 0.3) is 11.3 Å². The number of rotatable bonds is 3. The summed E-state index contributed by atoms with van der Waals surface area (Å²) in [5, 5.41) is 15.2. The SMILES string of the molecule is Cc1c2cc(n1C)-c1cc(Cl)ccc1C(=O)N1Cc3cccc(c3CC1CN1CCOCC1)OCCCc1c(cnn1C)N(c1ccc(O)cc1)C2=O. The lowest BCUT2D eigenvalue weighted by Crippen LogP contribution is -2.52. The number of phenols is 1. The number of aromatic hydroxyl groups is 1. The normalized spacial score (nSPS) is 18.2. The number of hydrogen-bond acceptors (Lipinski definition) is 7. The fraction of sp³-hybridized carbons (Fsp3) is 0.341. The Morgan fingerprint density at radius 2 is 1.72 bits per heavy atom. The van der Waals surface area contributed by atoms with Crippen molar-refractivity contribution < 1.29 is 24.2 Å². The maximum absolute atomic E-state index is 15.0. The summed E-state index contributed by atoms with van der Waals surface area (Å²) in [4.78, 5) is 35.9. The molecule has 1 atom stereocenters. The van der Waals surface area contributed by atoms with Crippen LogP contribution in [0.3, 0.4) is 0 Å². The highest BCUT2D eigenvalue weighted by molar-refractivity contribution is 6.31. The molecule has 4 aliphatic rings. The molecule has 0 radical (unpaired) electrons. The fourth-order valence-corrected chi connectivity index (χ4v) is 8.12. The third-order valence-electron chi connectivity index (χ3n) is 10.9. The van der Waals surface area contributed by atoms with E-state index in [1.165, 1.54) is 0 Å². The zero-order valence-electron chi connectivity index (χ0n) is 30.2. The number of anilines is 2. The summed E-state index contributed by atoms with van der Waals surface area (Å²) in [6.07, 6.45) is 3.66. The first kappa shape index (κ1) is 35.0. The van der Waals surface area contributed by atoms with Gasteiger partial charge in [0.05, 0.1) is 43.0 Å². The summed E-state index contributed by atoms with van der Waals surface area (Å²) >= 11 is 6.67. The zero-order valence-corrected chi connectivity index (χ0v) is 31.0. The van der Waals surface area contributed by atoms with Crippen LogP contribution in [-0.2, 0) is 38.2 Å². The third-order valence-corrected chi connectivity index (χ3v) is 11.2. The molecule has 6 bridgehead atoms. The number of aryl methyl sites for hydroxylation is 1. The molecule has 11 nitrogen and oxygen atoms in total. The van der Waals surface area contributed by atoms with Crippen molar-refractivity contribution in [3.63, 3.8) is 0 Å². The maximum atomic E-state index is 15.0. The van der Waals surface area contributed by atoms with E-state index in [-0.39, 0.29) is 23.6 Å². The number of carbonyl (C=O) groups is 2. The molecule has 4 aliphatic heterocycles. The first-order chi connectivity index (χ1) is 25.7. The lowest BCUT2D eigenvalue weighted by atomic mass is 9.91. The monoisotopic (exact) mass is 734 g/mol. The van der Waals surface area contributed by atoms with Gasteiger partial charge in [-0.25, -0.2) is 0 Å². The van der Waals surface area contributed by atoms with Crippen molar-refractivity contribution in [2.75, 3.05) is 44.4 Å².